The molecule has 3 N–H and O–H groups in total. The fourth-order valence-electron chi connectivity index (χ4n) is 9.31. The molecule has 13 heteroatoms. The molecule has 13 nitrogen and oxygen atoms in total. The van der Waals surface area contributed by atoms with Gasteiger partial charge in [0.2, 0.25) is 5.79 Å². The number of rotatable bonds is 6. The standard InChI is InChI=1S/C43H69NO12/c1-10-30-20-25(3)37(47)26(4)21-35(53-8)39-36(54-9)22-28(6)43(51,56-39)40(48)41(49)44-18-12-11-13-31(44)42(50)55-38(24(2)14-16-32(30)45)27(5)19-29-15-17-33(46)34(23-29)52-7/h19-20,24,26,28-31,33-39,46-47,51H,10-18,21-23H2,1-9H3. The van der Waals surface area contributed by atoms with Crippen molar-refractivity contribution in [3.8, 4) is 0 Å². The van der Waals surface area contributed by atoms with Crippen LogP contribution in [0.3, 0.4) is 0 Å². The highest BCUT2D eigenvalue weighted by Gasteiger charge is 2.56. The van der Waals surface area contributed by atoms with Crippen LogP contribution < -0.4 is 0 Å². The normalized spacial score (nSPS) is 40.6. The number of cyclic esters (lactones) is 1. The number of aliphatic hydroxyl groups is 3. The Morgan fingerprint density at radius 2 is 1.57 bits per heavy atom. The van der Waals surface area contributed by atoms with Crippen molar-refractivity contribution < 1.29 is 58.2 Å². The Kier molecular flexibility index (Phi) is 16.9. The summed E-state index contributed by atoms with van der Waals surface area (Å²) in [6, 6.07) is -1.07. The first-order valence-corrected chi connectivity index (χ1v) is 20.8. The zero-order chi connectivity index (χ0) is 41.5. The number of fused-ring (bicyclic) bond motifs is 3. The predicted octanol–water partition coefficient (Wildman–Crippen LogP) is 4.47. The molecule has 56 heavy (non-hydrogen) atoms. The smallest absolute Gasteiger partial charge is 0.329 e. The molecule has 1 aliphatic carbocycles. The van der Waals surface area contributed by atoms with Crippen molar-refractivity contribution >= 4 is 23.4 Å². The van der Waals surface area contributed by atoms with E-state index in [-0.39, 0.29) is 61.9 Å². The largest absolute Gasteiger partial charge is 0.456 e. The molecule has 1 amide bonds. The fourth-order valence-corrected chi connectivity index (χ4v) is 9.31. The van der Waals surface area contributed by atoms with Gasteiger partial charge in [0.15, 0.2) is 0 Å². The van der Waals surface area contributed by atoms with E-state index in [4.69, 9.17) is 23.7 Å². The number of hydrogen-bond donors (Lipinski definition) is 3. The topological polar surface area (TPSA) is 178 Å². The van der Waals surface area contributed by atoms with E-state index >= 15 is 0 Å². The first-order valence-electron chi connectivity index (χ1n) is 20.8. The highest BCUT2D eigenvalue weighted by atomic mass is 16.7. The number of carbonyl (C=O) groups excluding carboxylic acids is 4. The Balaban J connectivity index is 1.76. The Morgan fingerprint density at radius 1 is 0.911 bits per heavy atom. The van der Waals surface area contributed by atoms with E-state index in [0.717, 1.165) is 12.0 Å². The van der Waals surface area contributed by atoms with E-state index < -0.39 is 77.9 Å². The summed E-state index contributed by atoms with van der Waals surface area (Å²) in [5.41, 5.74) is 1.43. The molecule has 0 aromatic carbocycles. The predicted molar refractivity (Wildman–Crippen MR) is 208 cm³/mol. The maximum atomic E-state index is 14.3. The number of ketones is 2. The van der Waals surface area contributed by atoms with Crippen LogP contribution in [0, 0.1) is 29.6 Å². The molecule has 0 radical (unpaired) electrons. The first kappa shape index (κ1) is 46.2. The third-order valence-electron chi connectivity index (χ3n) is 13.0. The third kappa shape index (κ3) is 10.6. The molecule has 3 aliphatic heterocycles. The number of hydrogen-bond acceptors (Lipinski definition) is 12. The van der Waals surface area contributed by atoms with Gasteiger partial charge in [0, 0.05) is 46.1 Å². The van der Waals surface area contributed by atoms with Gasteiger partial charge in [-0.25, -0.2) is 4.79 Å². The number of amides is 1. The van der Waals surface area contributed by atoms with Crippen molar-refractivity contribution in [3.05, 3.63) is 23.3 Å². The summed E-state index contributed by atoms with van der Waals surface area (Å²) in [5.74, 6) is -7.26. The molecule has 2 bridgehead atoms. The number of Topliss-reactive ketones (excluding diaryl/α,β-unsaturated/α-hetero) is 2. The molecule has 3 fully saturated rings. The van der Waals surface area contributed by atoms with Crippen molar-refractivity contribution in [3.63, 3.8) is 0 Å². The van der Waals surface area contributed by atoms with Crippen LogP contribution in [-0.4, -0.2) is 126 Å². The number of piperidine rings is 1. The van der Waals surface area contributed by atoms with E-state index in [0.29, 0.717) is 44.1 Å². The van der Waals surface area contributed by atoms with Crippen LogP contribution in [-0.2, 0) is 42.9 Å². The Morgan fingerprint density at radius 3 is 2.21 bits per heavy atom. The number of allylic oxidation sites excluding steroid dienone is 2. The molecule has 0 spiro atoms. The lowest BCUT2D eigenvalue weighted by Gasteiger charge is -2.47. The van der Waals surface area contributed by atoms with Crippen LogP contribution in [0.15, 0.2) is 23.3 Å². The summed E-state index contributed by atoms with van der Waals surface area (Å²) in [6.45, 7) is 11.2. The van der Waals surface area contributed by atoms with Crippen LogP contribution in [0.25, 0.3) is 0 Å². The quantitative estimate of drug-likeness (QED) is 0.196. The minimum atomic E-state index is -2.53. The molecule has 3 heterocycles. The zero-order valence-corrected chi connectivity index (χ0v) is 35.1. The number of aliphatic hydroxyl groups excluding tert-OH is 2. The van der Waals surface area contributed by atoms with Gasteiger partial charge in [0.25, 0.3) is 11.7 Å². The average molecular weight is 792 g/mol. The van der Waals surface area contributed by atoms with Crippen molar-refractivity contribution in [1.82, 2.24) is 4.90 Å². The molecule has 14 atom stereocenters. The van der Waals surface area contributed by atoms with Gasteiger partial charge in [-0.3, -0.25) is 14.4 Å². The average Bonchev–Trinajstić information content (AvgIpc) is 3.19. The molecular formula is C43H69NO12. The van der Waals surface area contributed by atoms with Gasteiger partial charge in [-0.15, -0.1) is 0 Å². The molecule has 318 valence electrons. The molecule has 1 saturated carbocycles. The van der Waals surface area contributed by atoms with E-state index in [9.17, 15) is 34.5 Å². The van der Waals surface area contributed by atoms with E-state index in [1.54, 1.807) is 21.0 Å². The monoisotopic (exact) mass is 791 g/mol. The van der Waals surface area contributed by atoms with Crippen molar-refractivity contribution in [2.75, 3.05) is 27.9 Å². The lowest BCUT2D eigenvalue weighted by molar-refractivity contribution is -0.302. The molecule has 0 aromatic heterocycles. The van der Waals surface area contributed by atoms with Crippen LogP contribution in [0.1, 0.15) is 112 Å². The number of methoxy groups -OCH3 is 3. The molecular weight excluding hydrogens is 722 g/mol. The molecule has 14 unspecified atom stereocenters. The minimum Gasteiger partial charge on any atom is -0.456 e. The van der Waals surface area contributed by atoms with Gasteiger partial charge in [-0.05, 0) is 107 Å². The zero-order valence-electron chi connectivity index (χ0n) is 35.1. The van der Waals surface area contributed by atoms with Gasteiger partial charge < -0.3 is 43.9 Å². The summed E-state index contributed by atoms with van der Waals surface area (Å²) >= 11 is 0. The van der Waals surface area contributed by atoms with Gasteiger partial charge in [0.05, 0.1) is 30.5 Å². The highest BCUT2D eigenvalue weighted by Crippen LogP contribution is 2.39. The first-order chi connectivity index (χ1) is 26.5. The number of ether oxygens (including phenoxy) is 5. The van der Waals surface area contributed by atoms with Gasteiger partial charge in [0.1, 0.15) is 24.0 Å². The second-order valence-electron chi connectivity index (χ2n) is 17.1. The number of nitrogens with zero attached hydrogens (tertiary/aromatic N) is 1. The van der Waals surface area contributed by atoms with E-state index in [1.807, 2.05) is 33.8 Å². The molecule has 4 aliphatic rings. The fraction of sp³-hybridized carbons (Fsp3) is 0.814. The van der Waals surface area contributed by atoms with Crippen LogP contribution in [0.5, 0.6) is 0 Å². The second kappa shape index (κ2) is 20.4. The minimum absolute atomic E-state index is 0.0182. The SMILES string of the molecule is CCC1C=C(C)C(O)C(C)CC(OC)C2OC(O)(C(=O)C(=O)N3CCCCC3C(=O)OC(C(C)=CC3CCC(O)C(OC)C3)C(C)CCC1=O)C(C)CC2OC. The van der Waals surface area contributed by atoms with Crippen molar-refractivity contribution in [2.45, 2.75) is 167 Å². The lowest BCUT2D eigenvalue weighted by atomic mass is 9.81. The Labute approximate surface area is 333 Å². The van der Waals surface area contributed by atoms with E-state index in [1.165, 1.54) is 19.1 Å². The second-order valence-corrected chi connectivity index (χ2v) is 17.1. The molecule has 4 rings (SSSR count). The van der Waals surface area contributed by atoms with Crippen molar-refractivity contribution in [2.24, 2.45) is 29.6 Å². The third-order valence-corrected chi connectivity index (χ3v) is 13.0. The number of carbonyl (C=O) groups is 4. The summed E-state index contributed by atoms with van der Waals surface area (Å²) in [5, 5.41) is 33.9. The van der Waals surface area contributed by atoms with Gasteiger partial charge in [-0.1, -0.05) is 39.8 Å². The maximum Gasteiger partial charge on any atom is 0.329 e. The Bertz CT molecular complexity index is 1430. The van der Waals surface area contributed by atoms with Gasteiger partial charge in [-0.2, -0.15) is 0 Å². The lowest BCUT2D eigenvalue weighted by Crippen LogP contribution is -2.64. The molecule has 2 saturated heterocycles. The van der Waals surface area contributed by atoms with E-state index in [2.05, 4.69) is 6.08 Å². The number of esters is 1. The Hall–Kier alpha value is -2.52. The molecule has 0 aromatic rings. The van der Waals surface area contributed by atoms with Crippen LogP contribution in [0.4, 0.5) is 0 Å². The maximum absolute atomic E-state index is 14.3. The van der Waals surface area contributed by atoms with Crippen LogP contribution >= 0.6 is 0 Å². The summed E-state index contributed by atoms with van der Waals surface area (Å²) < 4.78 is 29.7. The van der Waals surface area contributed by atoms with Gasteiger partial charge >= 0.3 is 5.97 Å². The van der Waals surface area contributed by atoms with Crippen molar-refractivity contribution in [1.29, 1.82) is 0 Å². The van der Waals surface area contributed by atoms with Crippen LogP contribution in [0.2, 0.25) is 0 Å². The summed E-state index contributed by atoms with van der Waals surface area (Å²) in [4.78, 5) is 57.6. The summed E-state index contributed by atoms with van der Waals surface area (Å²) in [7, 11) is 4.56. The highest BCUT2D eigenvalue weighted by molar-refractivity contribution is 6.39. The summed E-state index contributed by atoms with van der Waals surface area (Å²) in [6.07, 6.45) is 4.00.